The van der Waals surface area contributed by atoms with E-state index in [1.54, 1.807) is 0 Å². The second-order valence-corrected chi connectivity index (χ2v) is 5.05. The number of carbonyl (C=O) groups is 1. The van der Waals surface area contributed by atoms with Gasteiger partial charge in [-0.15, -0.1) is 0 Å². The molecule has 1 aromatic carbocycles. The first-order valence-electron chi connectivity index (χ1n) is 6.53. The predicted molar refractivity (Wildman–Crippen MR) is 70.0 cm³/mol. The van der Waals surface area contributed by atoms with Crippen LogP contribution >= 0.6 is 0 Å². The van der Waals surface area contributed by atoms with Crippen LogP contribution < -0.4 is 5.32 Å². The first kappa shape index (κ1) is 13.7. The number of amides is 1. The van der Waals surface area contributed by atoms with Crippen molar-refractivity contribution >= 4 is 5.91 Å². The second kappa shape index (κ2) is 5.93. The minimum absolute atomic E-state index is 0.167. The Balaban J connectivity index is 1.92. The third-order valence-corrected chi connectivity index (χ3v) is 3.81. The van der Waals surface area contributed by atoms with E-state index in [0.29, 0.717) is 18.0 Å². The number of aromatic hydroxyl groups is 2. The molecule has 0 aliphatic heterocycles. The minimum atomic E-state index is -0.304. The fourth-order valence-corrected chi connectivity index (χ4v) is 2.61. The summed E-state index contributed by atoms with van der Waals surface area (Å²) in [5, 5.41) is 30.6. The molecule has 4 N–H and O–H groups in total. The van der Waals surface area contributed by atoms with E-state index in [9.17, 15) is 20.1 Å². The summed E-state index contributed by atoms with van der Waals surface area (Å²) in [6.07, 6.45) is 3.12. The molecular formula is C14H19NO4. The summed E-state index contributed by atoms with van der Waals surface area (Å²) in [5.74, 6) is -0.235. The fraction of sp³-hybridized carbons (Fsp3) is 0.500. The molecule has 0 radical (unpaired) electrons. The molecule has 1 aromatic rings. The highest BCUT2D eigenvalue weighted by Crippen LogP contribution is 2.30. The molecule has 2 atom stereocenters. The smallest absolute Gasteiger partial charge is 0.251 e. The van der Waals surface area contributed by atoms with Gasteiger partial charge in [-0.25, -0.2) is 0 Å². The topological polar surface area (TPSA) is 89.8 Å². The molecule has 19 heavy (non-hydrogen) atoms. The first-order valence-corrected chi connectivity index (χ1v) is 6.53. The van der Waals surface area contributed by atoms with Crippen molar-refractivity contribution in [2.75, 3.05) is 13.2 Å². The molecule has 0 heterocycles. The molecular weight excluding hydrogens is 246 g/mol. The molecule has 0 saturated heterocycles. The van der Waals surface area contributed by atoms with Gasteiger partial charge in [0.05, 0.1) is 0 Å². The number of aliphatic hydroxyl groups is 1. The van der Waals surface area contributed by atoms with E-state index in [-0.39, 0.29) is 29.9 Å². The van der Waals surface area contributed by atoms with Gasteiger partial charge >= 0.3 is 0 Å². The van der Waals surface area contributed by atoms with Crippen LogP contribution in [0.25, 0.3) is 0 Å². The summed E-state index contributed by atoms with van der Waals surface area (Å²) in [5.41, 5.74) is 0.314. The van der Waals surface area contributed by atoms with Crippen LogP contribution in [0.15, 0.2) is 18.2 Å². The normalized spacial score (nSPS) is 22.4. The highest BCUT2D eigenvalue weighted by Gasteiger charge is 2.26. The molecule has 2 unspecified atom stereocenters. The molecule has 5 nitrogen and oxygen atoms in total. The monoisotopic (exact) mass is 265 g/mol. The van der Waals surface area contributed by atoms with E-state index in [4.69, 9.17) is 0 Å². The van der Waals surface area contributed by atoms with Gasteiger partial charge in [0.25, 0.3) is 5.91 Å². The van der Waals surface area contributed by atoms with E-state index < -0.39 is 0 Å². The van der Waals surface area contributed by atoms with Gasteiger partial charge in [0, 0.05) is 18.7 Å². The number of nitrogens with one attached hydrogen (secondary N) is 1. The van der Waals surface area contributed by atoms with Gasteiger partial charge in [-0.3, -0.25) is 4.79 Å². The molecule has 0 aromatic heterocycles. The maximum absolute atomic E-state index is 11.9. The van der Waals surface area contributed by atoms with Crippen molar-refractivity contribution in [2.24, 2.45) is 11.8 Å². The Morgan fingerprint density at radius 2 is 1.95 bits per heavy atom. The van der Waals surface area contributed by atoms with Crippen molar-refractivity contribution in [2.45, 2.75) is 19.3 Å². The van der Waals surface area contributed by atoms with E-state index in [2.05, 4.69) is 5.32 Å². The molecule has 1 saturated carbocycles. The maximum Gasteiger partial charge on any atom is 0.251 e. The van der Waals surface area contributed by atoms with Crippen LogP contribution in [0, 0.1) is 11.8 Å². The van der Waals surface area contributed by atoms with Crippen LogP contribution in [0.5, 0.6) is 11.5 Å². The highest BCUT2D eigenvalue weighted by atomic mass is 16.3. The highest BCUT2D eigenvalue weighted by molar-refractivity contribution is 5.94. The van der Waals surface area contributed by atoms with Crippen molar-refractivity contribution < 1.29 is 20.1 Å². The van der Waals surface area contributed by atoms with Crippen LogP contribution in [0.4, 0.5) is 0 Å². The average molecular weight is 265 g/mol. The summed E-state index contributed by atoms with van der Waals surface area (Å²) in [6.45, 7) is 0.701. The summed E-state index contributed by atoms with van der Waals surface area (Å²) in [6, 6.07) is 3.99. The number of hydrogen-bond acceptors (Lipinski definition) is 4. The lowest BCUT2D eigenvalue weighted by molar-refractivity contribution is 0.0937. The van der Waals surface area contributed by atoms with Gasteiger partial charge < -0.3 is 20.6 Å². The van der Waals surface area contributed by atoms with Crippen molar-refractivity contribution in [3.8, 4) is 11.5 Å². The lowest BCUT2D eigenvalue weighted by atomic mass is 9.97. The lowest BCUT2D eigenvalue weighted by Gasteiger charge is -2.17. The molecule has 2 rings (SSSR count). The molecule has 0 bridgehead atoms. The second-order valence-electron chi connectivity index (χ2n) is 5.05. The number of hydrogen-bond donors (Lipinski definition) is 4. The third-order valence-electron chi connectivity index (χ3n) is 3.81. The predicted octanol–water partition coefficient (Wildman–Crippen LogP) is 1.24. The average Bonchev–Trinajstić information content (AvgIpc) is 2.86. The van der Waals surface area contributed by atoms with Crippen molar-refractivity contribution in [3.63, 3.8) is 0 Å². The van der Waals surface area contributed by atoms with Gasteiger partial charge in [-0.1, -0.05) is 6.42 Å². The molecule has 104 valence electrons. The van der Waals surface area contributed by atoms with Crippen LogP contribution in [-0.4, -0.2) is 34.4 Å². The van der Waals surface area contributed by atoms with Crippen molar-refractivity contribution in [1.29, 1.82) is 0 Å². The van der Waals surface area contributed by atoms with Gasteiger partial charge in [-0.05, 0) is 42.9 Å². The van der Waals surface area contributed by atoms with Crippen LogP contribution in [-0.2, 0) is 0 Å². The maximum atomic E-state index is 11.9. The Morgan fingerprint density at radius 3 is 2.63 bits per heavy atom. The Kier molecular flexibility index (Phi) is 4.27. The zero-order valence-electron chi connectivity index (χ0n) is 10.7. The number of phenols is 2. The van der Waals surface area contributed by atoms with Crippen molar-refractivity contribution in [1.82, 2.24) is 5.32 Å². The molecule has 1 aliphatic rings. The number of aliphatic hydroxyl groups excluding tert-OH is 1. The fourth-order valence-electron chi connectivity index (χ4n) is 2.61. The Morgan fingerprint density at radius 1 is 1.21 bits per heavy atom. The van der Waals surface area contributed by atoms with Gasteiger partial charge in [0.15, 0.2) is 11.5 Å². The lowest BCUT2D eigenvalue weighted by Crippen LogP contribution is -2.31. The van der Waals surface area contributed by atoms with E-state index in [1.165, 1.54) is 18.2 Å². The minimum Gasteiger partial charge on any atom is -0.504 e. The van der Waals surface area contributed by atoms with Crippen molar-refractivity contribution in [3.05, 3.63) is 23.8 Å². The van der Waals surface area contributed by atoms with Gasteiger partial charge in [0.2, 0.25) is 0 Å². The molecule has 1 aliphatic carbocycles. The standard InChI is InChI=1S/C14H19NO4/c16-8-11-3-1-2-10(11)7-15-14(19)9-4-5-12(17)13(18)6-9/h4-6,10-11,16-18H,1-3,7-8H2,(H,15,19). The first-order chi connectivity index (χ1) is 9.11. The Labute approximate surface area is 111 Å². The Hall–Kier alpha value is -1.75. The number of carbonyl (C=O) groups excluding carboxylic acids is 1. The third kappa shape index (κ3) is 3.17. The summed E-state index contributed by atoms with van der Waals surface area (Å²) >= 11 is 0. The zero-order valence-corrected chi connectivity index (χ0v) is 10.7. The van der Waals surface area contributed by atoms with Gasteiger partial charge in [-0.2, -0.15) is 0 Å². The summed E-state index contributed by atoms with van der Waals surface area (Å²) in [4.78, 5) is 11.9. The molecule has 5 heteroatoms. The number of rotatable bonds is 4. The van der Waals surface area contributed by atoms with Crippen LogP contribution in [0.1, 0.15) is 29.6 Å². The summed E-state index contributed by atoms with van der Waals surface area (Å²) in [7, 11) is 0. The number of benzene rings is 1. The number of phenolic OH excluding ortho intramolecular Hbond substituents is 2. The van der Waals surface area contributed by atoms with Crippen LogP contribution in [0.2, 0.25) is 0 Å². The van der Waals surface area contributed by atoms with E-state index >= 15 is 0 Å². The van der Waals surface area contributed by atoms with E-state index in [0.717, 1.165) is 19.3 Å². The van der Waals surface area contributed by atoms with Crippen LogP contribution in [0.3, 0.4) is 0 Å². The largest absolute Gasteiger partial charge is 0.504 e. The molecule has 1 amide bonds. The summed E-state index contributed by atoms with van der Waals surface area (Å²) < 4.78 is 0. The quantitative estimate of drug-likeness (QED) is 0.616. The Bertz CT molecular complexity index is 461. The SMILES string of the molecule is O=C(NCC1CCCC1CO)c1ccc(O)c(O)c1. The van der Waals surface area contributed by atoms with E-state index in [1.807, 2.05) is 0 Å². The molecule has 1 fully saturated rings. The zero-order chi connectivity index (χ0) is 13.8. The van der Waals surface area contributed by atoms with Gasteiger partial charge in [0.1, 0.15) is 0 Å². The molecule has 0 spiro atoms.